The monoisotopic (exact) mass is 292 g/mol. The van der Waals surface area contributed by atoms with E-state index in [-0.39, 0.29) is 0 Å². The van der Waals surface area contributed by atoms with Crippen molar-refractivity contribution < 1.29 is 0 Å². The van der Waals surface area contributed by atoms with Crippen molar-refractivity contribution in [1.82, 2.24) is 4.98 Å². The van der Waals surface area contributed by atoms with Gasteiger partial charge in [0.25, 0.3) is 0 Å². The molecule has 0 saturated heterocycles. The molecule has 90 valence electrons. The summed E-state index contributed by atoms with van der Waals surface area (Å²) in [6.07, 6.45) is 5.88. The van der Waals surface area contributed by atoms with Gasteiger partial charge in [-0.1, -0.05) is 29.3 Å². The van der Waals surface area contributed by atoms with Crippen molar-refractivity contribution in [2.24, 2.45) is 0 Å². The molecule has 2 aromatic rings. The van der Waals surface area contributed by atoms with Crippen LogP contribution in [0.1, 0.15) is 31.7 Å². The lowest BCUT2D eigenvalue weighted by atomic mass is 10.0. The van der Waals surface area contributed by atoms with Crippen LogP contribution >= 0.6 is 15.9 Å². The molecule has 0 aliphatic carbocycles. The number of halogens is 1. The minimum atomic E-state index is 0.858. The number of hydrogen-bond acceptors (Lipinski definition) is 1. The second kappa shape index (κ2) is 5.50. The molecule has 0 aliphatic heterocycles. The van der Waals surface area contributed by atoms with Gasteiger partial charge in [0.1, 0.15) is 0 Å². The average Bonchev–Trinajstić information content (AvgIpc) is 2.69. The van der Waals surface area contributed by atoms with Crippen LogP contribution in [-0.2, 0) is 6.42 Å². The Bertz CT molecular complexity index is 528. The van der Waals surface area contributed by atoms with Crippen LogP contribution < -0.4 is 0 Å². The molecule has 2 nitrogen and oxygen atoms in total. The van der Waals surface area contributed by atoms with Crippen molar-refractivity contribution in [3.8, 4) is 0 Å². The van der Waals surface area contributed by atoms with E-state index in [4.69, 9.17) is 5.41 Å². The fourth-order valence-electron chi connectivity index (χ4n) is 2.07. The van der Waals surface area contributed by atoms with Gasteiger partial charge in [-0.05, 0) is 43.0 Å². The summed E-state index contributed by atoms with van der Waals surface area (Å²) in [5.41, 5.74) is 3.34. The number of hydrogen-bond donors (Lipinski definition) is 2. The van der Waals surface area contributed by atoms with Crippen molar-refractivity contribution in [3.05, 3.63) is 34.4 Å². The summed E-state index contributed by atoms with van der Waals surface area (Å²) in [5.74, 6) is 0. The first-order chi connectivity index (χ1) is 8.20. The lowest BCUT2D eigenvalue weighted by Gasteiger charge is -2.02. The van der Waals surface area contributed by atoms with Crippen LogP contribution in [0.15, 0.2) is 28.9 Å². The summed E-state index contributed by atoms with van der Waals surface area (Å²) in [7, 11) is 0. The molecule has 0 bridgehead atoms. The van der Waals surface area contributed by atoms with E-state index in [0.29, 0.717) is 0 Å². The Morgan fingerprint density at radius 1 is 1.35 bits per heavy atom. The van der Waals surface area contributed by atoms with Gasteiger partial charge in [-0.2, -0.15) is 0 Å². The summed E-state index contributed by atoms with van der Waals surface area (Å²) < 4.78 is 1.11. The second-order valence-electron chi connectivity index (χ2n) is 4.36. The molecule has 0 saturated carbocycles. The summed E-state index contributed by atoms with van der Waals surface area (Å²) in [6.45, 7) is 2.12. The predicted octanol–water partition coefficient (Wildman–Crippen LogP) is 4.68. The van der Waals surface area contributed by atoms with Crippen molar-refractivity contribution in [2.75, 3.05) is 0 Å². The third-order valence-electron chi connectivity index (χ3n) is 2.98. The van der Waals surface area contributed by atoms with E-state index in [1.165, 1.54) is 16.5 Å². The summed E-state index contributed by atoms with van der Waals surface area (Å²) in [4.78, 5) is 3.28. The number of benzene rings is 1. The summed E-state index contributed by atoms with van der Waals surface area (Å²) in [5, 5.41) is 9.09. The Morgan fingerprint density at radius 3 is 2.94 bits per heavy atom. The van der Waals surface area contributed by atoms with Crippen LogP contribution in [0.2, 0.25) is 0 Å². The van der Waals surface area contributed by atoms with Gasteiger partial charge in [0, 0.05) is 27.3 Å². The van der Waals surface area contributed by atoms with Gasteiger partial charge in [-0.15, -0.1) is 0 Å². The summed E-state index contributed by atoms with van der Waals surface area (Å²) in [6, 6.07) is 6.27. The number of nitrogens with one attached hydrogen (secondary N) is 2. The Balaban J connectivity index is 2.13. The van der Waals surface area contributed by atoms with E-state index >= 15 is 0 Å². The van der Waals surface area contributed by atoms with Crippen molar-refractivity contribution in [2.45, 2.75) is 32.6 Å². The van der Waals surface area contributed by atoms with Crippen LogP contribution in [0.4, 0.5) is 0 Å². The van der Waals surface area contributed by atoms with E-state index in [1.54, 1.807) is 0 Å². The zero-order chi connectivity index (χ0) is 12.3. The molecule has 0 amide bonds. The first-order valence-corrected chi connectivity index (χ1v) is 6.82. The van der Waals surface area contributed by atoms with Crippen molar-refractivity contribution in [1.29, 1.82) is 5.41 Å². The maximum atomic E-state index is 7.82. The van der Waals surface area contributed by atoms with Gasteiger partial charge in [-0.25, -0.2) is 0 Å². The van der Waals surface area contributed by atoms with E-state index in [9.17, 15) is 0 Å². The lowest BCUT2D eigenvalue weighted by molar-refractivity contribution is 0.926. The van der Waals surface area contributed by atoms with Crippen LogP contribution in [0.5, 0.6) is 0 Å². The number of H-pyrrole nitrogens is 1. The van der Waals surface area contributed by atoms with Crippen molar-refractivity contribution in [3.63, 3.8) is 0 Å². The fraction of sp³-hybridized carbons (Fsp3) is 0.357. The topological polar surface area (TPSA) is 39.6 Å². The van der Waals surface area contributed by atoms with Gasteiger partial charge in [0.15, 0.2) is 0 Å². The lowest BCUT2D eigenvalue weighted by Crippen LogP contribution is -1.97. The number of aryl methyl sites for hydroxylation is 1. The molecule has 1 aromatic carbocycles. The van der Waals surface area contributed by atoms with E-state index < -0.39 is 0 Å². The highest BCUT2D eigenvalue weighted by atomic mass is 79.9. The van der Waals surface area contributed by atoms with Crippen LogP contribution in [0.25, 0.3) is 10.9 Å². The standard InChI is InChI=1S/C14H17BrN2/c1-2-3-12(16)6-4-10-9-17-14-7-5-11(15)8-13(10)14/h5,7-9,16-17H,2-4,6H2,1H3. The number of aromatic nitrogens is 1. The molecule has 1 heterocycles. The zero-order valence-corrected chi connectivity index (χ0v) is 11.6. The maximum absolute atomic E-state index is 7.82. The van der Waals surface area contributed by atoms with Gasteiger partial charge in [-0.3, -0.25) is 0 Å². The molecule has 0 spiro atoms. The molecule has 17 heavy (non-hydrogen) atoms. The molecule has 1 aromatic heterocycles. The van der Waals surface area contributed by atoms with Crippen LogP contribution in [0.3, 0.4) is 0 Å². The summed E-state index contributed by atoms with van der Waals surface area (Å²) >= 11 is 3.50. The van der Waals surface area contributed by atoms with Gasteiger partial charge < -0.3 is 10.4 Å². The van der Waals surface area contributed by atoms with Gasteiger partial charge >= 0.3 is 0 Å². The maximum Gasteiger partial charge on any atom is 0.0457 e. The Hall–Kier alpha value is -1.09. The first kappa shape index (κ1) is 12.4. The largest absolute Gasteiger partial charge is 0.361 e. The molecular formula is C14H17BrN2. The Labute approximate surface area is 110 Å². The van der Waals surface area contributed by atoms with Crippen LogP contribution in [0, 0.1) is 5.41 Å². The number of rotatable bonds is 5. The minimum absolute atomic E-state index is 0.858. The predicted molar refractivity (Wildman–Crippen MR) is 77.0 cm³/mol. The molecule has 0 radical (unpaired) electrons. The van der Waals surface area contributed by atoms with Crippen LogP contribution in [-0.4, -0.2) is 10.7 Å². The molecular weight excluding hydrogens is 276 g/mol. The third-order valence-corrected chi connectivity index (χ3v) is 3.47. The second-order valence-corrected chi connectivity index (χ2v) is 5.27. The number of aromatic amines is 1. The first-order valence-electron chi connectivity index (χ1n) is 6.02. The fourth-order valence-corrected chi connectivity index (χ4v) is 2.43. The van der Waals surface area contributed by atoms with Gasteiger partial charge in [0.2, 0.25) is 0 Å². The molecule has 3 heteroatoms. The number of fused-ring (bicyclic) bond motifs is 1. The molecule has 0 atom stereocenters. The Morgan fingerprint density at radius 2 is 2.18 bits per heavy atom. The average molecular weight is 293 g/mol. The van der Waals surface area contributed by atoms with Gasteiger partial charge in [0.05, 0.1) is 0 Å². The highest BCUT2D eigenvalue weighted by Crippen LogP contribution is 2.23. The Kier molecular flexibility index (Phi) is 4.00. The quantitative estimate of drug-likeness (QED) is 0.751. The molecule has 0 fully saturated rings. The highest BCUT2D eigenvalue weighted by molar-refractivity contribution is 9.10. The minimum Gasteiger partial charge on any atom is -0.361 e. The van der Waals surface area contributed by atoms with E-state index in [0.717, 1.165) is 35.9 Å². The molecule has 2 rings (SSSR count). The smallest absolute Gasteiger partial charge is 0.0457 e. The normalized spacial score (nSPS) is 10.9. The highest BCUT2D eigenvalue weighted by Gasteiger charge is 2.05. The molecule has 0 unspecified atom stereocenters. The van der Waals surface area contributed by atoms with Crippen molar-refractivity contribution >= 4 is 32.5 Å². The third kappa shape index (κ3) is 2.97. The SMILES string of the molecule is CCCC(=N)CCc1c[nH]c2ccc(Br)cc12. The van der Waals surface area contributed by atoms with E-state index in [1.807, 2.05) is 6.07 Å². The van der Waals surface area contributed by atoms with E-state index in [2.05, 4.69) is 46.2 Å². The zero-order valence-electron chi connectivity index (χ0n) is 10.0. The molecule has 2 N–H and O–H groups in total. The molecule has 0 aliphatic rings.